The van der Waals surface area contributed by atoms with Crippen LogP contribution in [0.4, 0.5) is 0 Å². The Balaban J connectivity index is 4.15. The molecule has 9 heteroatoms. The van der Waals surface area contributed by atoms with Gasteiger partial charge in [0.25, 0.3) is 0 Å². The number of rotatable bonds is 53. The molecular formula is C61H109NO8. The first kappa shape index (κ1) is 67.0. The van der Waals surface area contributed by atoms with Gasteiger partial charge in [0.05, 0.1) is 46.7 Å². The van der Waals surface area contributed by atoms with Gasteiger partial charge in [0.2, 0.25) is 0 Å². The van der Waals surface area contributed by atoms with E-state index >= 15 is 0 Å². The molecule has 2 unspecified atom stereocenters. The molecule has 9 nitrogen and oxygen atoms in total. The van der Waals surface area contributed by atoms with E-state index in [1.165, 1.54) is 173 Å². The van der Waals surface area contributed by atoms with Crippen molar-refractivity contribution < 1.29 is 42.9 Å². The van der Waals surface area contributed by atoms with Crippen LogP contribution in [0.5, 0.6) is 0 Å². The van der Waals surface area contributed by atoms with Crippen molar-refractivity contribution in [1.29, 1.82) is 0 Å². The number of likely N-dealkylation sites (N-methyl/N-ethyl adjacent to an activating group) is 1. The first-order valence-corrected chi connectivity index (χ1v) is 28.9. The molecule has 0 spiro atoms. The maximum Gasteiger partial charge on any atom is 0.310 e. The van der Waals surface area contributed by atoms with Crippen molar-refractivity contribution in [3.63, 3.8) is 0 Å². The monoisotopic (exact) mass is 984 g/mol. The molecule has 0 aliphatic rings. The Morgan fingerprint density at radius 2 is 0.800 bits per heavy atom. The van der Waals surface area contributed by atoms with Crippen LogP contribution in [0.25, 0.3) is 0 Å². The highest BCUT2D eigenvalue weighted by molar-refractivity contribution is 5.71. The second kappa shape index (κ2) is 52.3. The summed E-state index contributed by atoms with van der Waals surface area (Å²) in [6.45, 7) is 4.54. The molecular weight excluding hydrogens is 875 g/mol. The van der Waals surface area contributed by atoms with Crippen LogP contribution in [0, 0.1) is 0 Å². The summed E-state index contributed by atoms with van der Waals surface area (Å²) in [6.07, 6.45) is 63.3. The maximum atomic E-state index is 12.7. The minimum atomic E-state index is -1.65. The molecule has 0 saturated heterocycles. The fourth-order valence-corrected chi connectivity index (χ4v) is 8.14. The lowest BCUT2D eigenvalue weighted by atomic mass is 10.0. The summed E-state index contributed by atoms with van der Waals surface area (Å²) in [5.41, 5.74) is 0. The molecule has 0 aromatic heterocycles. The van der Waals surface area contributed by atoms with Crippen LogP contribution in [0.2, 0.25) is 0 Å². The first-order chi connectivity index (χ1) is 34.1. The van der Waals surface area contributed by atoms with Gasteiger partial charge in [0.15, 0.2) is 12.4 Å². The fraction of sp³-hybridized carbons (Fsp3) is 0.787. The van der Waals surface area contributed by atoms with Crippen LogP contribution in [0.15, 0.2) is 60.8 Å². The van der Waals surface area contributed by atoms with Gasteiger partial charge in [-0.2, -0.15) is 0 Å². The van der Waals surface area contributed by atoms with Crippen molar-refractivity contribution >= 4 is 17.9 Å². The molecule has 0 bridgehead atoms. The third-order valence-corrected chi connectivity index (χ3v) is 12.6. The largest absolute Gasteiger partial charge is 0.545 e. The molecule has 0 aliphatic heterocycles. The molecule has 0 saturated carbocycles. The molecule has 0 aliphatic carbocycles. The Morgan fingerprint density at radius 1 is 0.443 bits per heavy atom. The Kier molecular flexibility index (Phi) is 50.1. The van der Waals surface area contributed by atoms with E-state index < -0.39 is 24.3 Å². The Labute approximate surface area is 431 Å². The molecule has 0 heterocycles. The van der Waals surface area contributed by atoms with Gasteiger partial charge < -0.3 is 33.3 Å². The lowest BCUT2D eigenvalue weighted by Gasteiger charge is -2.26. The first-order valence-electron chi connectivity index (χ1n) is 28.9. The third-order valence-electron chi connectivity index (χ3n) is 12.6. The van der Waals surface area contributed by atoms with E-state index in [1.807, 2.05) is 33.3 Å². The summed E-state index contributed by atoms with van der Waals surface area (Å²) in [4.78, 5) is 37.1. The predicted molar refractivity (Wildman–Crippen MR) is 292 cm³/mol. The van der Waals surface area contributed by atoms with Gasteiger partial charge >= 0.3 is 11.9 Å². The minimum absolute atomic E-state index is 0.0154. The number of carbonyl (C=O) groups is 3. The summed E-state index contributed by atoms with van der Waals surface area (Å²) in [7, 11) is 5.89. The zero-order chi connectivity index (χ0) is 51.3. The number of esters is 2. The Morgan fingerprint density at radius 3 is 1.16 bits per heavy atom. The number of hydrogen-bond donors (Lipinski definition) is 0. The number of nitrogens with zero attached hydrogens (tertiary/aromatic N) is 1. The molecule has 0 fully saturated rings. The third kappa shape index (κ3) is 52.8. The number of hydrogen-bond acceptors (Lipinski definition) is 8. The number of carboxylic acids is 1. The fourth-order valence-electron chi connectivity index (χ4n) is 8.14. The number of allylic oxidation sites excluding steroid dienone is 9. The highest BCUT2D eigenvalue weighted by atomic mass is 16.7. The van der Waals surface area contributed by atoms with E-state index in [1.54, 1.807) is 6.08 Å². The summed E-state index contributed by atoms with van der Waals surface area (Å²) < 4.78 is 22.5. The van der Waals surface area contributed by atoms with Crippen molar-refractivity contribution in [3.05, 3.63) is 60.8 Å². The van der Waals surface area contributed by atoms with E-state index in [4.69, 9.17) is 18.9 Å². The van der Waals surface area contributed by atoms with Crippen LogP contribution in [0.3, 0.4) is 0 Å². The number of unbranched alkanes of at least 4 members (excludes halogenated alkanes) is 29. The molecule has 0 N–H and O–H groups in total. The second-order valence-corrected chi connectivity index (χ2v) is 20.6. The van der Waals surface area contributed by atoms with Gasteiger partial charge in [0.1, 0.15) is 13.2 Å². The lowest BCUT2D eigenvalue weighted by molar-refractivity contribution is -0.870. The average Bonchev–Trinajstić information content (AvgIpc) is 3.33. The Hall–Kier alpha value is -3.01. The van der Waals surface area contributed by atoms with Gasteiger partial charge in [-0.1, -0.05) is 261 Å². The van der Waals surface area contributed by atoms with Gasteiger partial charge in [-0.15, -0.1) is 0 Å². The van der Waals surface area contributed by atoms with Gasteiger partial charge in [-0.05, 0) is 38.5 Å². The molecule has 406 valence electrons. The maximum absolute atomic E-state index is 12.7. The van der Waals surface area contributed by atoms with E-state index in [-0.39, 0.29) is 38.6 Å². The van der Waals surface area contributed by atoms with E-state index in [0.717, 1.165) is 44.9 Å². The summed E-state index contributed by atoms with van der Waals surface area (Å²) in [5.74, 6) is -2.44. The molecule has 0 amide bonds. The molecule has 0 aromatic carbocycles. The number of carboxylic acid groups (broad SMARTS) is 1. The van der Waals surface area contributed by atoms with Gasteiger partial charge in [0, 0.05) is 6.42 Å². The van der Waals surface area contributed by atoms with E-state index in [9.17, 15) is 19.5 Å². The highest BCUT2D eigenvalue weighted by Crippen LogP contribution is 2.17. The van der Waals surface area contributed by atoms with Gasteiger partial charge in [-0.25, -0.2) is 0 Å². The van der Waals surface area contributed by atoms with Crippen molar-refractivity contribution in [3.8, 4) is 0 Å². The zero-order valence-electron chi connectivity index (χ0n) is 46.1. The van der Waals surface area contributed by atoms with Crippen molar-refractivity contribution in [2.24, 2.45) is 0 Å². The number of ether oxygens (including phenoxy) is 4. The van der Waals surface area contributed by atoms with Crippen LogP contribution >= 0.6 is 0 Å². The van der Waals surface area contributed by atoms with Gasteiger partial charge in [-0.3, -0.25) is 9.59 Å². The van der Waals surface area contributed by atoms with E-state index in [2.05, 4.69) is 56.4 Å². The van der Waals surface area contributed by atoms with Crippen molar-refractivity contribution in [1.82, 2.24) is 0 Å². The normalized spacial score (nSPS) is 13.2. The highest BCUT2D eigenvalue weighted by Gasteiger charge is 2.21. The van der Waals surface area contributed by atoms with Crippen molar-refractivity contribution in [2.75, 3.05) is 47.5 Å². The van der Waals surface area contributed by atoms with Crippen LogP contribution in [-0.4, -0.2) is 82.3 Å². The zero-order valence-corrected chi connectivity index (χ0v) is 46.1. The van der Waals surface area contributed by atoms with Crippen molar-refractivity contribution in [2.45, 2.75) is 264 Å². The topological polar surface area (TPSA) is 111 Å². The van der Waals surface area contributed by atoms with Crippen LogP contribution < -0.4 is 5.11 Å². The molecule has 2 atom stereocenters. The SMILES string of the molecule is CC/C=C\C/C=C\C/C=C\C/C=C\C/C=C\CC(=O)OC(COC(=O)CCCCCCCCCCCCCCCCCCCCCCCCCCCCCCCC)COC(OCC[N+](C)(C)C)C(=O)[O-]. The molecule has 0 rings (SSSR count). The van der Waals surface area contributed by atoms with E-state index in [0.29, 0.717) is 17.4 Å². The molecule has 0 radical (unpaired) electrons. The second-order valence-electron chi connectivity index (χ2n) is 20.6. The minimum Gasteiger partial charge on any atom is -0.545 e. The summed E-state index contributed by atoms with van der Waals surface area (Å²) >= 11 is 0. The molecule has 70 heavy (non-hydrogen) atoms. The Bertz CT molecular complexity index is 1330. The quantitative estimate of drug-likeness (QED) is 0.0195. The number of carbonyl (C=O) groups excluding carboxylic acids is 3. The number of quaternary nitrogens is 1. The standard InChI is InChI=1S/C61H109NO8/c1-6-8-10-12-14-16-18-20-22-23-24-25-26-27-28-29-30-31-32-33-34-35-36-38-39-41-43-45-47-49-51-58(63)68-55-57(56-69-61(60(65)66)67-54-53-62(3,4)5)70-59(64)52-50-48-46-44-42-40-37-21-19-17-15-13-11-9-7-2/h9,11,15,17,21,37,42,44,48,50,57,61H,6-8,10,12-14,16,18-20,22-36,38-41,43,45-47,49,51-56H2,1-5H3/b11-9-,17-15-,37-21-,44-42-,50-48-. The lowest BCUT2D eigenvalue weighted by Crippen LogP contribution is -2.44. The van der Waals surface area contributed by atoms with Crippen LogP contribution in [0.1, 0.15) is 251 Å². The van der Waals surface area contributed by atoms with Crippen LogP contribution in [-0.2, 0) is 33.3 Å². The summed E-state index contributed by atoms with van der Waals surface area (Å²) in [5, 5.41) is 11.7. The summed E-state index contributed by atoms with van der Waals surface area (Å²) in [6, 6.07) is 0. The predicted octanol–water partition coefficient (Wildman–Crippen LogP) is 15.5. The average molecular weight is 985 g/mol. The molecule has 0 aromatic rings. The smallest absolute Gasteiger partial charge is 0.310 e. The number of aliphatic carboxylic acids is 1.